The lowest BCUT2D eigenvalue weighted by atomic mass is 10.2. The third kappa shape index (κ3) is 3.03. The lowest BCUT2D eigenvalue weighted by molar-refractivity contribution is 0.0914. The first-order chi connectivity index (χ1) is 9.61. The number of nitrogens with one attached hydrogen (secondary N) is 1. The summed E-state index contributed by atoms with van der Waals surface area (Å²) in [5, 5.41) is 6.38. The number of carbonyl (C=O) groups is 1. The molecule has 104 valence electrons. The molecule has 1 aromatic heterocycles. The topological polar surface area (TPSA) is 71.3 Å². The Hall–Kier alpha value is -2.63. The molecule has 1 N–H and O–H groups in total. The molecular formula is C14H16N4O2. The van der Waals surface area contributed by atoms with Crippen LogP contribution in [-0.2, 0) is 0 Å². The van der Waals surface area contributed by atoms with Gasteiger partial charge in [-0.1, -0.05) is 11.2 Å². The molecule has 0 aliphatic rings. The van der Waals surface area contributed by atoms with Crippen molar-refractivity contribution >= 4 is 11.6 Å². The first-order valence-corrected chi connectivity index (χ1v) is 6.12. The zero-order chi connectivity index (χ0) is 14.5. The van der Waals surface area contributed by atoms with Gasteiger partial charge in [0.25, 0.3) is 0 Å². The van der Waals surface area contributed by atoms with Crippen molar-refractivity contribution < 1.29 is 9.32 Å². The third-order valence-electron chi connectivity index (χ3n) is 2.67. The molecule has 1 heterocycles. The minimum atomic E-state index is -0.409. The van der Waals surface area contributed by atoms with Crippen molar-refractivity contribution in [1.82, 2.24) is 15.5 Å². The number of hydrogen-bond acceptors (Lipinski definition) is 5. The van der Waals surface area contributed by atoms with Crippen LogP contribution >= 0.6 is 0 Å². The predicted octanol–water partition coefficient (Wildman–Crippen LogP) is 1.72. The Morgan fingerprint density at radius 1 is 1.40 bits per heavy atom. The van der Waals surface area contributed by atoms with Crippen molar-refractivity contribution in [2.24, 2.45) is 0 Å². The lowest BCUT2D eigenvalue weighted by Gasteiger charge is -2.11. The Balaban J connectivity index is 2.15. The van der Waals surface area contributed by atoms with E-state index in [1.54, 1.807) is 6.08 Å². The molecule has 20 heavy (non-hydrogen) atoms. The Bertz CT molecular complexity index is 602. The molecular weight excluding hydrogens is 256 g/mol. The van der Waals surface area contributed by atoms with E-state index in [0.717, 1.165) is 11.3 Å². The highest BCUT2D eigenvalue weighted by atomic mass is 16.5. The van der Waals surface area contributed by atoms with Crippen molar-refractivity contribution in [3.05, 3.63) is 42.8 Å². The SMILES string of the molecule is C=CCNC(=O)c1nc(-c2ccc(N(C)C)cc2)no1. The first-order valence-electron chi connectivity index (χ1n) is 6.12. The predicted molar refractivity (Wildman–Crippen MR) is 76.6 cm³/mol. The maximum absolute atomic E-state index is 11.6. The minimum absolute atomic E-state index is 0.0569. The molecule has 0 fully saturated rings. The average molecular weight is 272 g/mol. The Morgan fingerprint density at radius 3 is 2.70 bits per heavy atom. The van der Waals surface area contributed by atoms with Gasteiger partial charge in [0.2, 0.25) is 5.82 Å². The number of rotatable bonds is 5. The van der Waals surface area contributed by atoms with Crippen LogP contribution in [0.4, 0.5) is 5.69 Å². The third-order valence-corrected chi connectivity index (χ3v) is 2.67. The molecule has 0 aliphatic heterocycles. The van der Waals surface area contributed by atoms with Gasteiger partial charge in [-0.2, -0.15) is 4.98 Å². The number of nitrogens with zero attached hydrogens (tertiary/aromatic N) is 3. The Morgan fingerprint density at radius 2 is 2.10 bits per heavy atom. The van der Waals surface area contributed by atoms with Gasteiger partial charge in [-0.25, -0.2) is 0 Å². The highest BCUT2D eigenvalue weighted by Crippen LogP contribution is 2.19. The van der Waals surface area contributed by atoms with E-state index < -0.39 is 5.91 Å². The monoisotopic (exact) mass is 272 g/mol. The molecule has 1 amide bonds. The van der Waals surface area contributed by atoms with Crippen LogP contribution in [0.2, 0.25) is 0 Å². The van der Waals surface area contributed by atoms with Crippen LogP contribution in [-0.4, -0.2) is 36.7 Å². The van der Waals surface area contributed by atoms with E-state index >= 15 is 0 Å². The standard InChI is InChI=1S/C14H16N4O2/c1-4-9-15-13(19)14-16-12(17-20-14)10-5-7-11(8-6-10)18(2)3/h4-8H,1,9H2,2-3H3,(H,15,19). The molecule has 0 spiro atoms. The molecule has 2 aromatic rings. The maximum Gasteiger partial charge on any atom is 0.316 e. The van der Waals surface area contributed by atoms with Gasteiger partial charge in [0.15, 0.2) is 0 Å². The molecule has 1 aromatic carbocycles. The first kappa shape index (κ1) is 13.8. The maximum atomic E-state index is 11.6. The summed E-state index contributed by atoms with van der Waals surface area (Å²) in [5.41, 5.74) is 1.86. The van der Waals surface area contributed by atoms with E-state index in [-0.39, 0.29) is 5.89 Å². The summed E-state index contributed by atoms with van der Waals surface area (Å²) in [6, 6.07) is 7.66. The molecule has 0 aliphatic carbocycles. The van der Waals surface area contributed by atoms with Crippen LogP contribution in [0, 0.1) is 0 Å². The van der Waals surface area contributed by atoms with Crippen molar-refractivity contribution in [2.45, 2.75) is 0 Å². The van der Waals surface area contributed by atoms with Gasteiger partial charge >= 0.3 is 11.8 Å². The molecule has 0 radical (unpaired) electrons. The zero-order valence-corrected chi connectivity index (χ0v) is 11.5. The molecule has 0 atom stereocenters. The normalized spacial score (nSPS) is 10.1. The van der Waals surface area contributed by atoms with Crippen LogP contribution in [0.15, 0.2) is 41.4 Å². The van der Waals surface area contributed by atoms with E-state index in [2.05, 4.69) is 22.0 Å². The largest absolute Gasteiger partial charge is 0.378 e. The van der Waals surface area contributed by atoms with E-state index in [0.29, 0.717) is 12.4 Å². The second kappa shape index (κ2) is 6.01. The summed E-state index contributed by atoms with van der Waals surface area (Å²) in [6.07, 6.45) is 1.58. The summed E-state index contributed by atoms with van der Waals surface area (Å²) >= 11 is 0. The lowest BCUT2D eigenvalue weighted by Crippen LogP contribution is -2.23. The fourth-order valence-corrected chi connectivity index (χ4v) is 1.58. The summed E-state index contributed by atoms with van der Waals surface area (Å²) in [6.45, 7) is 3.87. The zero-order valence-electron chi connectivity index (χ0n) is 11.5. The van der Waals surface area contributed by atoms with Gasteiger partial charge in [0, 0.05) is 31.9 Å². The van der Waals surface area contributed by atoms with E-state index in [1.165, 1.54) is 0 Å². The number of hydrogen-bond donors (Lipinski definition) is 1. The van der Waals surface area contributed by atoms with Crippen LogP contribution < -0.4 is 10.2 Å². The Kier molecular flexibility index (Phi) is 4.14. The molecule has 0 saturated heterocycles. The number of anilines is 1. The molecule has 0 saturated carbocycles. The van der Waals surface area contributed by atoms with Crippen LogP contribution in [0.3, 0.4) is 0 Å². The Labute approximate surface area is 117 Å². The van der Waals surface area contributed by atoms with Crippen molar-refractivity contribution in [3.8, 4) is 11.4 Å². The second-order valence-corrected chi connectivity index (χ2v) is 4.36. The molecule has 0 bridgehead atoms. The fraction of sp³-hybridized carbons (Fsp3) is 0.214. The van der Waals surface area contributed by atoms with Crippen molar-refractivity contribution in [3.63, 3.8) is 0 Å². The minimum Gasteiger partial charge on any atom is -0.378 e. The highest BCUT2D eigenvalue weighted by molar-refractivity contribution is 5.89. The summed E-state index contributed by atoms with van der Waals surface area (Å²) < 4.78 is 4.94. The van der Waals surface area contributed by atoms with Gasteiger partial charge in [-0.3, -0.25) is 4.79 Å². The average Bonchev–Trinajstić information content (AvgIpc) is 2.94. The van der Waals surface area contributed by atoms with E-state index in [9.17, 15) is 4.79 Å². The van der Waals surface area contributed by atoms with Gasteiger partial charge in [0.1, 0.15) is 0 Å². The van der Waals surface area contributed by atoms with Crippen LogP contribution in [0.5, 0.6) is 0 Å². The molecule has 6 nitrogen and oxygen atoms in total. The van der Waals surface area contributed by atoms with Gasteiger partial charge < -0.3 is 14.7 Å². The number of aromatic nitrogens is 2. The smallest absolute Gasteiger partial charge is 0.316 e. The number of carbonyl (C=O) groups excluding carboxylic acids is 1. The van der Waals surface area contributed by atoms with E-state index in [1.807, 2.05) is 43.3 Å². The summed E-state index contributed by atoms with van der Waals surface area (Å²) in [5.74, 6) is -0.0776. The molecule has 6 heteroatoms. The van der Waals surface area contributed by atoms with Gasteiger partial charge in [-0.15, -0.1) is 6.58 Å². The second-order valence-electron chi connectivity index (χ2n) is 4.36. The summed E-state index contributed by atoms with van der Waals surface area (Å²) in [7, 11) is 3.93. The van der Waals surface area contributed by atoms with Gasteiger partial charge in [-0.05, 0) is 24.3 Å². The molecule has 0 unspecified atom stereocenters. The number of benzene rings is 1. The fourth-order valence-electron chi connectivity index (χ4n) is 1.58. The van der Waals surface area contributed by atoms with Crippen molar-refractivity contribution in [2.75, 3.05) is 25.5 Å². The number of amides is 1. The molecule has 2 rings (SSSR count). The van der Waals surface area contributed by atoms with Crippen molar-refractivity contribution in [1.29, 1.82) is 0 Å². The van der Waals surface area contributed by atoms with Gasteiger partial charge in [0.05, 0.1) is 0 Å². The summed E-state index contributed by atoms with van der Waals surface area (Å²) in [4.78, 5) is 17.7. The van der Waals surface area contributed by atoms with Crippen LogP contribution in [0.1, 0.15) is 10.7 Å². The van der Waals surface area contributed by atoms with Crippen LogP contribution in [0.25, 0.3) is 11.4 Å². The highest BCUT2D eigenvalue weighted by Gasteiger charge is 2.15. The quantitative estimate of drug-likeness (QED) is 0.839. The van der Waals surface area contributed by atoms with E-state index in [4.69, 9.17) is 4.52 Å².